The number of sulfonamides is 1. The summed E-state index contributed by atoms with van der Waals surface area (Å²) in [6.45, 7) is 3.94. The molecule has 0 aromatic carbocycles. The first-order valence-electron chi connectivity index (χ1n) is 6.62. The average molecular weight is 392 g/mol. The number of hydrogen-bond acceptors (Lipinski definition) is 4. The Morgan fingerprint density at radius 1 is 1.33 bits per heavy atom. The van der Waals surface area contributed by atoms with Gasteiger partial charge >= 0.3 is 0 Å². The molecule has 0 fully saturated rings. The van der Waals surface area contributed by atoms with E-state index in [1.165, 1.54) is 17.5 Å². The summed E-state index contributed by atoms with van der Waals surface area (Å²) in [4.78, 5) is 4.22. The predicted octanol–water partition coefficient (Wildman–Crippen LogP) is 2.82. The van der Waals surface area contributed by atoms with Gasteiger partial charge in [0.05, 0.1) is 4.90 Å². The van der Waals surface area contributed by atoms with E-state index >= 15 is 0 Å². The number of H-pyrrole nitrogens is 1. The van der Waals surface area contributed by atoms with Gasteiger partial charge in [-0.1, -0.05) is 6.92 Å². The molecular weight excluding hydrogens is 374 g/mol. The zero-order chi connectivity index (χ0) is 15.3. The first kappa shape index (κ1) is 16.7. The molecule has 5 nitrogen and oxygen atoms in total. The van der Waals surface area contributed by atoms with E-state index in [1.807, 2.05) is 11.4 Å². The van der Waals surface area contributed by atoms with Gasteiger partial charge in [-0.2, -0.15) is 0 Å². The minimum Gasteiger partial charge on any atom is -0.363 e. The second-order valence-corrected chi connectivity index (χ2v) is 8.27. The molecule has 0 radical (unpaired) electrons. The molecule has 0 spiro atoms. The predicted molar refractivity (Wildman–Crippen MR) is 88.8 cm³/mol. The summed E-state index contributed by atoms with van der Waals surface area (Å²) in [5, 5.41) is 5.15. The molecule has 0 aliphatic rings. The molecule has 21 heavy (non-hydrogen) atoms. The molecule has 0 aliphatic heterocycles. The summed E-state index contributed by atoms with van der Waals surface area (Å²) in [5.74, 6) is 0. The molecule has 0 atom stereocenters. The fraction of sp³-hybridized carbons (Fsp3) is 0.385. The van der Waals surface area contributed by atoms with Crippen molar-refractivity contribution in [1.82, 2.24) is 15.0 Å². The zero-order valence-electron chi connectivity index (χ0n) is 11.6. The summed E-state index contributed by atoms with van der Waals surface area (Å²) < 4.78 is 28.0. The minimum absolute atomic E-state index is 0.270. The zero-order valence-corrected chi connectivity index (χ0v) is 14.9. The number of hydrogen-bond donors (Lipinski definition) is 3. The topological polar surface area (TPSA) is 74.0 Å². The second kappa shape index (κ2) is 7.55. The lowest BCUT2D eigenvalue weighted by molar-refractivity contribution is 0.582. The van der Waals surface area contributed by atoms with Crippen LogP contribution in [-0.2, 0) is 23.1 Å². The third-order valence-corrected chi connectivity index (χ3v) is 5.91. The van der Waals surface area contributed by atoms with Crippen LogP contribution in [0, 0.1) is 0 Å². The van der Waals surface area contributed by atoms with Gasteiger partial charge in [0.25, 0.3) is 0 Å². The monoisotopic (exact) mass is 391 g/mol. The maximum absolute atomic E-state index is 12.2. The molecular formula is C13H18BrN3O2S2. The van der Waals surface area contributed by atoms with Crippen LogP contribution in [0.25, 0.3) is 0 Å². The third-order valence-electron chi connectivity index (χ3n) is 2.83. The highest BCUT2D eigenvalue weighted by Gasteiger charge is 2.16. The lowest BCUT2D eigenvalue weighted by Gasteiger charge is -2.03. The van der Waals surface area contributed by atoms with Crippen LogP contribution < -0.4 is 10.0 Å². The summed E-state index contributed by atoms with van der Waals surface area (Å²) >= 11 is 4.86. The van der Waals surface area contributed by atoms with Gasteiger partial charge in [-0.05, 0) is 41.0 Å². The van der Waals surface area contributed by atoms with Crippen LogP contribution in [0.2, 0.25) is 0 Å². The van der Waals surface area contributed by atoms with E-state index < -0.39 is 10.0 Å². The Morgan fingerprint density at radius 2 is 2.14 bits per heavy atom. The Balaban J connectivity index is 1.95. The van der Waals surface area contributed by atoms with Crippen LogP contribution >= 0.6 is 27.3 Å². The average Bonchev–Trinajstić information content (AvgIpc) is 3.06. The van der Waals surface area contributed by atoms with Gasteiger partial charge in [0, 0.05) is 39.7 Å². The van der Waals surface area contributed by atoms with Crippen LogP contribution in [0.5, 0.6) is 0 Å². The molecule has 0 saturated heterocycles. The summed E-state index contributed by atoms with van der Waals surface area (Å²) in [6, 6.07) is 3.57. The minimum atomic E-state index is -3.48. The van der Waals surface area contributed by atoms with Gasteiger partial charge in [-0.3, -0.25) is 0 Å². The molecule has 116 valence electrons. The third kappa shape index (κ3) is 4.93. The van der Waals surface area contributed by atoms with Gasteiger partial charge in [0.1, 0.15) is 0 Å². The highest BCUT2D eigenvalue weighted by molar-refractivity contribution is 9.10. The molecule has 0 bridgehead atoms. The highest BCUT2D eigenvalue weighted by atomic mass is 79.9. The van der Waals surface area contributed by atoms with E-state index in [1.54, 1.807) is 6.07 Å². The standard InChI is InChI=1S/C13H18BrN3O2S2/c1-2-3-15-6-11-5-13(8-16-11)21(18,19)17-7-12-4-10(14)9-20-12/h4-5,8-9,15-17H,2-3,6-7H2,1H3. The van der Waals surface area contributed by atoms with E-state index in [0.29, 0.717) is 13.1 Å². The van der Waals surface area contributed by atoms with Crippen molar-refractivity contribution < 1.29 is 8.42 Å². The van der Waals surface area contributed by atoms with Crippen molar-refractivity contribution in [3.05, 3.63) is 38.8 Å². The molecule has 3 N–H and O–H groups in total. The van der Waals surface area contributed by atoms with Gasteiger partial charge in [-0.25, -0.2) is 13.1 Å². The number of thiophene rings is 1. The van der Waals surface area contributed by atoms with Crippen LogP contribution in [0.15, 0.2) is 33.1 Å². The van der Waals surface area contributed by atoms with Crippen LogP contribution in [0.1, 0.15) is 23.9 Å². The molecule has 0 unspecified atom stereocenters. The van der Waals surface area contributed by atoms with E-state index in [-0.39, 0.29) is 4.90 Å². The molecule has 8 heteroatoms. The summed E-state index contributed by atoms with van der Waals surface area (Å²) in [5.41, 5.74) is 0.864. The fourth-order valence-electron chi connectivity index (χ4n) is 1.77. The van der Waals surface area contributed by atoms with Crippen molar-refractivity contribution in [2.45, 2.75) is 31.3 Å². The van der Waals surface area contributed by atoms with Crippen LogP contribution in [0.4, 0.5) is 0 Å². The smallest absolute Gasteiger partial charge is 0.242 e. The van der Waals surface area contributed by atoms with Crippen molar-refractivity contribution in [1.29, 1.82) is 0 Å². The number of aromatic amines is 1. The maximum Gasteiger partial charge on any atom is 0.242 e. The SMILES string of the molecule is CCCNCc1cc(S(=O)(=O)NCc2cc(Br)cs2)c[nH]1. The first-order chi connectivity index (χ1) is 10.0. The molecule has 0 aliphatic carbocycles. The normalized spacial score (nSPS) is 11.9. The van der Waals surface area contributed by atoms with Gasteiger partial charge in [0.2, 0.25) is 10.0 Å². The van der Waals surface area contributed by atoms with Gasteiger partial charge < -0.3 is 10.3 Å². The number of aromatic nitrogens is 1. The Hall–Kier alpha value is -0.670. The first-order valence-corrected chi connectivity index (χ1v) is 9.77. The Labute approximate surface area is 137 Å². The number of nitrogens with one attached hydrogen (secondary N) is 3. The van der Waals surface area contributed by atoms with E-state index in [9.17, 15) is 8.42 Å². The van der Waals surface area contributed by atoms with Gasteiger partial charge in [0.15, 0.2) is 0 Å². The van der Waals surface area contributed by atoms with Gasteiger partial charge in [-0.15, -0.1) is 11.3 Å². The summed E-state index contributed by atoms with van der Waals surface area (Å²) in [7, 11) is -3.48. The van der Waals surface area contributed by atoms with Crippen molar-refractivity contribution in [2.75, 3.05) is 6.54 Å². The molecule has 2 aromatic heterocycles. The fourth-order valence-corrected chi connectivity index (χ4v) is 4.28. The Kier molecular flexibility index (Phi) is 6.00. The lowest BCUT2D eigenvalue weighted by Crippen LogP contribution is -2.22. The van der Waals surface area contributed by atoms with Crippen molar-refractivity contribution in [3.63, 3.8) is 0 Å². The van der Waals surface area contributed by atoms with Crippen LogP contribution in [0.3, 0.4) is 0 Å². The maximum atomic E-state index is 12.2. The van der Waals surface area contributed by atoms with Crippen molar-refractivity contribution >= 4 is 37.3 Å². The quantitative estimate of drug-likeness (QED) is 0.605. The van der Waals surface area contributed by atoms with E-state index in [0.717, 1.165) is 28.0 Å². The molecule has 2 heterocycles. The molecule has 0 saturated carbocycles. The number of rotatable bonds is 8. The van der Waals surface area contributed by atoms with E-state index in [2.05, 4.69) is 37.9 Å². The highest BCUT2D eigenvalue weighted by Crippen LogP contribution is 2.20. The Bertz CT molecular complexity index is 679. The molecule has 0 amide bonds. The largest absolute Gasteiger partial charge is 0.363 e. The summed E-state index contributed by atoms with van der Waals surface area (Å²) in [6.07, 6.45) is 2.57. The van der Waals surface area contributed by atoms with E-state index in [4.69, 9.17) is 0 Å². The number of halogens is 1. The van der Waals surface area contributed by atoms with Crippen molar-refractivity contribution in [2.24, 2.45) is 0 Å². The molecule has 2 rings (SSSR count). The Morgan fingerprint density at radius 3 is 2.81 bits per heavy atom. The molecule has 2 aromatic rings. The van der Waals surface area contributed by atoms with Crippen LogP contribution in [-0.4, -0.2) is 19.9 Å². The van der Waals surface area contributed by atoms with Crippen molar-refractivity contribution in [3.8, 4) is 0 Å². The lowest BCUT2D eigenvalue weighted by atomic mass is 10.4. The second-order valence-electron chi connectivity index (χ2n) is 4.59.